The Labute approximate surface area is 118 Å². The van der Waals surface area contributed by atoms with Crippen LogP contribution in [0, 0.1) is 6.92 Å². The van der Waals surface area contributed by atoms with Crippen LogP contribution in [0.5, 0.6) is 5.75 Å². The number of aryl methyl sites for hydroxylation is 1. The van der Waals surface area contributed by atoms with Crippen molar-refractivity contribution in [1.29, 1.82) is 0 Å². The molecule has 2 aromatic rings. The Hall–Kier alpha value is -1.55. The smallest absolute Gasteiger partial charge is 0.119 e. The van der Waals surface area contributed by atoms with E-state index in [4.69, 9.17) is 22.2 Å². The molecule has 3 nitrogen and oxygen atoms in total. The number of benzene rings is 2. The van der Waals surface area contributed by atoms with Crippen LogP contribution in [0.15, 0.2) is 42.5 Å². The minimum atomic E-state index is -0.164. The van der Waals surface area contributed by atoms with Crippen LogP contribution in [-0.4, -0.2) is 7.11 Å². The number of hydrogen-bond acceptors (Lipinski definition) is 3. The summed E-state index contributed by atoms with van der Waals surface area (Å²) < 4.78 is 5.23. The van der Waals surface area contributed by atoms with Crippen molar-refractivity contribution in [2.24, 2.45) is 5.84 Å². The first-order valence-electron chi connectivity index (χ1n) is 6.02. The first-order valence-corrected chi connectivity index (χ1v) is 6.39. The summed E-state index contributed by atoms with van der Waals surface area (Å²) in [5.74, 6) is 6.48. The molecule has 1 unspecified atom stereocenters. The number of halogens is 1. The van der Waals surface area contributed by atoms with Gasteiger partial charge < -0.3 is 4.74 Å². The van der Waals surface area contributed by atoms with Crippen LogP contribution in [0.25, 0.3) is 0 Å². The molecule has 0 spiro atoms. The zero-order chi connectivity index (χ0) is 13.8. The number of methoxy groups -OCH3 is 1. The summed E-state index contributed by atoms with van der Waals surface area (Å²) in [6.07, 6.45) is 0. The van der Waals surface area contributed by atoms with Gasteiger partial charge in [0.15, 0.2) is 0 Å². The number of ether oxygens (including phenoxy) is 1. The molecule has 2 rings (SSSR count). The van der Waals surface area contributed by atoms with E-state index in [1.165, 1.54) is 0 Å². The van der Waals surface area contributed by atoms with Gasteiger partial charge in [-0.1, -0.05) is 35.9 Å². The molecule has 0 fully saturated rings. The van der Waals surface area contributed by atoms with Crippen LogP contribution in [0.1, 0.15) is 22.7 Å². The maximum Gasteiger partial charge on any atom is 0.119 e. The quantitative estimate of drug-likeness (QED) is 0.666. The van der Waals surface area contributed by atoms with Gasteiger partial charge in [0.25, 0.3) is 0 Å². The standard InChI is InChI=1S/C15H17ClN2O/c1-10-6-7-13(14(16)8-10)15(18-17)11-4-3-5-12(9-11)19-2/h3-9,15,18H,17H2,1-2H3. The van der Waals surface area contributed by atoms with E-state index in [2.05, 4.69) is 5.43 Å². The van der Waals surface area contributed by atoms with E-state index in [9.17, 15) is 0 Å². The van der Waals surface area contributed by atoms with Crippen molar-refractivity contribution < 1.29 is 4.74 Å². The summed E-state index contributed by atoms with van der Waals surface area (Å²) in [4.78, 5) is 0. The first kappa shape index (κ1) is 13.9. The Bertz CT molecular complexity index is 572. The fourth-order valence-electron chi connectivity index (χ4n) is 2.05. The van der Waals surface area contributed by atoms with Gasteiger partial charge in [-0.2, -0.15) is 0 Å². The summed E-state index contributed by atoms with van der Waals surface area (Å²) in [6.45, 7) is 2.01. The van der Waals surface area contributed by atoms with Crippen LogP contribution in [-0.2, 0) is 0 Å². The maximum atomic E-state index is 6.30. The summed E-state index contributed by atoms with van der Waals surface area (Å²) in [6, 6.07) is 13.5. The lowest BCUT2D eigenvalue weighted by Gasteiger charge is -2.19. The fourth-order valence-corrected chi connectivity index (χ4v) is 2.40. The van der Waals surface area contributed by atoms with Gasteiger partial charge in [-0.15, -0.1) is 0 Å². The SMILES string of the molecule is COc1cccc(C(NN)c2ccc(C)cc2Cl)c1. The van der Waals surface area contributed by atoms with Crippen molar-refractivity contribution >= 4 is 11.6 Å². The van der Waals surface area contributed by atoms with Gasteiger partial charge in [-0.05, 0) is 41.8 Å². The molecule has 0 amide bonds. The average molecular weight is 277 g/mol. The topological polar surface area (TPSA) is 47.3 Å². The van der Waals surface area contributed by atoms with Gasteiger partial charge in [0, 0.05) is 5.02 Å². The molecule has 0 saturated carbocycles. The second-order valence-corrected chi connectivity index (χ2v) is 4.81. The summed E-state index contributed by atoms with van der Waals surface area (Å²) in [7, 11) is 1.64. The monoisotopic (exact) mass is 276 g/mol. The van der Waals surface area contributed by atoms with Crippen LogP contribution in [0.2, 0.25) is 5.02 Å². The second-order valence-electron chi connectivity index (χ2n) is 4.40. The van der Waals surface area contributed by atoms with Crippen LogP contribution < -0.4 is 16.0 Å². The van der Waals surface area contributed by atoms with Crippen LogP contribution >= 0.6 is 11.6 Å². The predicted octanol–water partition coefficient (Wildman–Crippen LogP) is 3.21. The van der Waals surface area contributed by atoms with Gasteiger partial charge in [0.05, 0.1) is 13.2 Å². The highest BCUT2D eigenvalue weighted by molar-refractivity contribution is 6.31. The minimum absolute atomic E-state index is 0.164. The third-order valence-electron chi connectivity index (χ3n) is 3.06. The highest BCUT2D eigenvalue weighted by Crippen LogP contribution is 2.30. The normalized spacial score (nSPS) is 12.2. The zero-order valence-corrected chi connectivity index (χ0v) is 11.7. The van der Waals surface area contributed by atoms with Crippen molar-refractivity contribution in [1.82, 2.24) is 5.43 Å². The molecule has 3 N–H and O–H groups in total. The molecule has 0 aliphatic rings. The van der Waals surface area contributed by atoms with Crippen LogP contribution in [0.4, 0.5) is 0 Å². The molecule has 0 saturated heterocycles. The van der Waals surface area contributed by atoms with Gasteiger partial charge in [-0.3, -0.25) is 5.84 Å². The van der Waals surface area contributed by atoms with Crippen molar-refractivity contribution in [3.05, 3.63) is 64.2 Å². The van der Waals surface area contributed by atoms with Crippen molar-refractivity contribution in [3.63, 3.8) is 0 Å². The van der Waals surface area contributed by atoms with Gasteiger partial charge in [0.2, 0.25) is 0 Å². The van der Waals surface area contributed by atoms with E-state index >= 15 is 0 Å². The van der Waals surface area contributed by atoms with E-state index in [-0.39, 0.29) is 6.04 Å². The van der Waals surface area contributed by atoms with Gasteiger partial charge >= 0.3 is 0 Å². The fraction of sp³-hybridized carbons (Fsp3) is 0.200. The molecule has 0 aliphatic carbocycles. The highest BCUT2D eigenvalue weighted by Gasteiger charge is 2.16. The van der Waals surface area contributed by atoms with E-state index < -0.39 is 0 Å². The maximum absolute atomic E-state index is 6.30. The summed E-state index contributed by atoms with van der Waals surface area (Å²) in [5.41, 5.74) is 5.88. The lowest BCUT2D eigenvalue weighted by Crippen LogP contribution is -2.29. The molecule has 0 aliphatic heterocycles. The van der Waals surface area contributed by atoms with Crippen LogP contribution in [0.3, 0.4) is 0 Å². The molecule has 100 valence electrons. The van der Waals surface area contributed by atoms with Crippen molar-refractivity contribution in [2.45, 2.75) is 13.0 Å². The third-order valence-corrected chi connectivity index (χ3v) is 3.39. The van der Waals surface area contributed by atoms with Gasteiger partial charge in [-0.25, -0.2) is 5.43 Å². The minimum Gasteiger partial charge on any atom is -0.497 e. The lowest BCUT2D eigenvalue weighted by molar-refractivity contribution is 0.413. The van der Waals surface area contributed by atoms with E-state index in [0.29, 0.717) is 5.02 Å². The van der Waals surface area contributed by atoms with E-state index in [1.54, 1.807) is 7.11 Å². The number of hydrogen-bond donors (Lipinski definition) is 2. The van der Waals surface area contributed by atoms with Crippen molar-refractivity contribution in [2.75, 3.05) is 7.11 Å². The van der Waals surface area contributed by atoms with Crippen molar-refractivity contribution in [3.8, 4) is 5.75 Å². The Morgan fingerprint density at radius 3 is 2.63 bits per heavy atom. The largest absolute Gasteiger partial charge is 0.497 e. The Morgan fingerprint density at radius 2 is 2.00 bits per heavy atom. The Kier molecular flexibility index (Phi) is 4.43. The van der Waals surface area contributed by atoms with E-state index in [0.717, 1.165) is 22.4 Å². The molecular weight excluding hydrogens is 260 g/mol. The molecule has 4 heteroatoms. The average Bonchev–Trinajstić information content (AvgIpc) is 2.42. The molecular formula is C15H17ClN2O. The Morgan fingerprint density at radius 1 is 1.21 bits per heavy atom. The predicted molar refractivity (Wildman–Crippen MR) is 78.3 cm³/mol. The molecule has 19 heavy (non-hydrogen) atoms. The number of nitrogens with one attached hydrogen (secondary N) is 1. The molecule has 2 aromatic carbocycles. The Balaban J connectivity index is 2.43. The number of hydrazine groups is 1. The highest BCUT2D eigenvalue weighted by atomic mass is 35.5. The number of rotatable bonds is 4. The summed E-state index contributed by atoms with van der Waals surface area (Å²) in [5, 5.41) is 0.700. The van der Waals surface area contributed by atoms with E-state index in [1.807, 2.05) is 49.4 Å². The molecule has 0 heterocycles. The summed E-state index contributed by atoms with van der Waals surface area (Å²) >= 11 is 6.30. The lowest BCUT2D eigenvalue weighted by atomic mass is 9.98. The number of nitrogens with two attached hydrogens (primary N) is 1. The zero-order valence-electron chi connectivity index (χ0n) is 11.0. The third kappa shape index (κ3) is 3.07. The van der Waals surface area contributed by atoms with Gasteiger partial charge in [0.1, 0.15) is 5.75 Å². The second kappa shape index (κ2) is 6.06. The molecule has 1 atom stereocenters. The molecule has 0 aromatic heterocycles. The first-order chi connectivity index (χ1) is 9.15. The molecule has 0 radical (unpaired) electrons. The molecule has 0 bridgehead atoms.